The molecule has 0 amide bonds. The molecule has 2 heteroatoms. The fraction of sp³-hybridized carbons (Fsp3) is 1.00. The van der Waals surface area contributed by atoms with E-state index in [-0.39, 0.29) is 6.29 Å². The minimum atomic E-state index is 0.100. The van der Waals surface area contributed by atoms with E-state index in [9.17, 15) is 0 Å². The molecular weight excluding hydrogens is 164 g/mol. The smallest absolute Gasteiger partial charge is 0.160 e. The number of ether oxygens (including phenoxy) is 2. The minimum absolute atomic E-state index is 0.100. The van der Waals surface area contributed by atoms with Crippen LogP contribution in [0.4, 0.5) is 0 Å². The lowest BCUT2D eigenvalue weighted by Gasteiger charge is -2.30. The summed E-state index contributed by atoms with van der Waals surface area (Å²) >= 11 is 0. The summed E-state index contributed by atoms with van der Waals surface area (Å²) in [7, 11) is 0. The molecule has 0 aromatic heterocycles. The van der Waals surface area contributed by atoms with Crippen LogP contribution in [0.2, 0.25) is 0 Å². The molecule has 2 fully saturated rings. The molecule has 0 aromatic carbocycles. The van der Waals surface area contributed by atoms with Crippen LogP contribution in [-0.2, 0) is 9.47 Å². The average Bonchev–Trinajstić information content (AvgIpc) is 2.71. The molecule has 13 heavy (non-hydrogen) atoms. The normalized spacial score (nSPS) is 29.3. The van der Waals surface area contributed by atoms with E-state index in [0.29, 0.717) is 5.92 Å². The van der Waals surface area contributed by atoms with Gasteiger partial charge in [0.1, 0.15) is 0 Å². The first kappa shape index (κ1) is 9.47. The van der Waals surface area contributed by atoms with Crippen LogP contribution in [0.5, 0.6) is 0 Å². The molecule has 1 unspecified atom stereocenters. The first-order valence-corrected chi connectivity index (χ1v) is 5.61. The Morgan fingerprint density at radius 2 is 1.62 bits per heavy atom. The standard InChI is InChI=1S/C11H20O2/c1-9(11-12-7-8-13-11)10-5-3-2-4-6-10/h9-11H,2-8H2,1H3. The van der Waals surface area contributed by atoms with Crippen molar-refractivity contribution in [1.29, 1.82) is 0 Å². The summed E-state index contributed by atoms with van der Waals surface area (Å²) in [6.45, 7) is 3.87. The molecule has 1 heterocycles. The maximum atomic E-state index is 5.55. The molecule has 1 atom stereocenters. The van der Waals surface area contributed by atoms with Gasteiger partial charge in [-0.2, -0.15) is 0 Å². The van der Waals surface area contributed by atoms with Crippen LogP contribution < -0.4 is 0 Å². The molecule has 1 saturated heterocycles. The van der Waals surface area contributed by atoms with Gasteiger partial charge < -0.3 is 9.47 Å². The quantitative estimate of drug-likeness (QED) is 0.656. The molecule has 0 aromatic rings. The first-order valence-electron chi connectivity index (χ1n) is 5.61. The van der Waals surface area contributed by atoms with Crippen molar-refractivity contribution in [1.82, 2.24) is 0 Å². The van der Waals surface area contributed by atoms with Gasteiger partial charge in [-0.05, 0) is 5.92 Å². The topological polar surface area (TPSA) is 18.5 Å². The summed E-state index contributed by atoms with van der Waals surface area (Å²) in [6.07, 6.45) is 7.09. The van der Waals surface area contributed by atoms with Crippen molar-refractivity contribution in [2.45, 2.75) is 45.3 Å². The van der Waals surface area contributed by atoms with E-state index in [1.807, 2.05) is 0 Å². The molecule has 2 rings (SSSR count). The van der Waals surface area contributed by atoms with Gasteiger partial charge >= 0.3 is 0 Å². The Morgan fingerprint density at radius 3 is 2.23 bits per heavy atom. The Hall–Kier alpha value is -0.0800. The van der Waals surface area contributed by atoms with Crippen molar-refractivity contribution >= 4 is 0 Å². The van der Waals surface area contributed by atoms with Crippen LogP contribution in [-0.4, -0.2) is 19.5 Å². The van der Waals surface area contributed by atoms with E-state index in [0.717, 1.165) is 19.1 Å². The average molecular weight is 184 g/mol. The lowest BCUT2D eigenvalue weighted by molar-refractivity contribution is -0.0973. The summed E-state index contributed by atoms with van der Waals surface area (Å²) in [5.74, 6) is 1.44. The van der Waals surface area contributed by atoms with E-state index >= 15 is 0 Å². The molecule has 0 N–H and O–H groups in total. The SMILES string of the molecule is CC(C1CCCCC1)C1OCCO1. The second-order valence-electron chi connectivity index (χ2n) is 4.37. The Bertz CT molecular complexity index is 146. The molecule has 0 bridgehead atoms. The molecule has 1 aliphatic heterocycles. The van der Waals surface area contributed by atoms with Crippen molar-refractivity contribution in [3.05, 3.63) is 0 Å². The minimum Gasteiger partial charge on any atom is -0.350 e. The highest BCUT2D eigenvalue weighted by molar-refractivity contribution is 4.74. The molecule has 0 radical (unpaired) electrons. The highest BCUT2D eigenvalue weighted by atomic mass is 16.7. The van der Waals surface area contributed by atoms with Crippen LogP contribution in [0, 0.1) is 11.8 Å². The summed E-state index contributed by atoms with van der Waals surface area (Å²) in [6, 6.07) is 0. The Labute approximate surface area is 80.6 Å². The molecule has 2 nitrogen and oxygen atoms in total. The predicted octanol–water partition coefficient (Wildman–Crippen LogP) is 2.58. The third-order valence-corrected chi connectivity index (χ3v) is 3.47. The van der Waals surface area contributed by atoms with Gasteiger partial charge in [0.05, 0.1) is 13.2 Å². The third kappa shape index (κ3) is 2.23. The lowest BCUT2D eigenvalue weighted by atomic mass is 9.80. The van der Waals surface area contributed by atoms with Gasteiger partial charge in [0.25, 0.3) is 0 Å². The van der Waals surface area contributed by atoms with Crippen molar-refractivity contribution in [2.24, 2.45) is 11.8 Å². The van der Waals surface area contributed by atoms with Crippen molar-refractivity contribution in [3.63, 3.8) is 0 Å². The summed E-state index contributed by atoms with van der Waals surface area (Å²) in [5.41, 5.74) is 0. The molecule has 1 aliphatic carbocycles. The highest BCUT2D eigenvalue weighted by Gasteiger charge is 2.30. The zero-order valence-corrected chi connectivity index (χ0v) is 8.50. The van der Waals surface area contributed by atoms with E-state index in [4.69, 9.17) is 9.47 Å². The second kappa shape index (κ2) is 4.43. The van der Waals surface area contributed by atoms with Gasteiger partial charge in [0.15, 0.2) is 6.29 Å². The van der Waals surface area contributed by atoms with Crippen LogP contribution in [0.1, 0.15) is 39.0 Å². The van der Waals surface area contributed by atoms with E-state index < -0.39 is 0 Å². The Morgan fingerprint density at radius 1 is 1.00 bits per heavy atom. The molecule has 1 saturated carbocycles. The fourth-order valence-electron chi connectivity index (χ4n) is 2.56. The monoisotopic (exact) mass is 184 g/mol. The van der Waals surface area contributed by atoms with E-state index in [1.165, 1.54) is 32.1 Å². The summed E-state index contributed by atoms with van der Waals surface area (Å²) in [5, 5.41) is 0. The molecule has 0 spiro atoms. The maximum Gasteiger partial charge on any atom is 0.160 e. The van der Waals surface area contributed by atoms with Crippen molar-refractivity contribution < 1.29 is 9.47 Å². The molecule has 2 aliphatic rings. The van der Waals surface area contributed by atoms with Crippen LogP contribution in [0.25, 0.3) is 0 Å². The summed E-state index contributed by atoms with van der Waals surface area (Å²) in [4.78, 5) is 0. The van der Waals surface area contributed by atoms with Crippen molar-refractivity contribution in [3.8, 4) is 0 Å². The number of hydrogen-bond donors (Lipinski definition) is 0. The molecule has 76 valence electrons. The highest BCUT2D eigenvalue weighted by Crippen LogP contribution is 2.33. The summed E-state index contributed by atoms with van der Waals surface area (Å²) < 4.78 is 11.1. The fourth-order valence-corrected chi connectivity index (χ4v) is 2.56. The van der Waals surface area contributed by atoms with Crippen LogP contribution in [0.3, 0.4) is 0 Å². The number of hydrogen-bond acceptors (Lipinski definition) is 2. The van der Waals surface area contributed by atoms with Gasteiger partial charge in [0, 0.05) is 5.92 Å². The van der Waals surface area contributed by atoms with Gasteiger partial charge in [-0.15, -0.1) is 0 Å². The third-order valence-electron chi connectivity index (χ3n) is 3.47. The Kier molecular flexibility index (Phi) is 3.23. The van der Waals surface area contributed by atoms with Gasteiger partial charge in [-0.3, -0.25) is 0 Å². The number of rotatable bonds is 2. The lowest BCUT2D eigenvalue weighted by Crippen LogP contribution is -2.27. The first-order chi connectivity index (χ1) is 6.38. The van der Waals surface area contributed by atoms with Gasteiger partial charge in [-0.1, -0.05) is 39.0 Å². The zero-order chi connectivity index (χ0) is 9.10. The van der Waals surface area contributed by atoms with E-state index in [2.05, 4.69) is 6.92 Å². The van der Waals surface area contributed by atoms with Crippen LogP contribution in [0.15, 0.2) is 0 Å². The van der Waals surface area contributed by atoms with E-state index in [1.54, 1.807) is 0 Å². The van der Waals surface area contributed by atoms with Gasteiger partial charge in [0.2, 0.25) is 0 Å². The Balaban J connectivity index is 1.83. The predicted molar refractivity (Wildman–Crippen MR) is 51.4 cm³/mol. The van der Waals surface area contributed by atoms with Crippen LogP contribution >= 0.6 is 0 Å². The largest absolute Gasteiger partial charge is 0.350 e. The molecular formula is C11H20O2. The van der Waals surface area contributed by atoms with Gasteiger partial charge in [-0.25, -0.2) is 0 Å². The maximum absolute atomic E-state index is 5.55. The van der Waals surface area contributed by atoms with Crippen molar-refractivity contribution in [2.75, 3.05) is 13.2 Å². The zero-order valence-electron chi connectivity index (χ0n) is 8.50. The second-order valence-corrected chi connectivity index (χ2v) is 4.37.